The number of benzene rings is 3. The van der Waals surface area contributed by atoms with Crippen LogP contribution in [0.15, 0.2) is 65.1 Å². The van der Waals surface area contributed by atoms with Gasteiger partial charge in [-0.2, -0.15) is 4.98 Å². The minimum Gasteiger partial charge on any atom is -0.481 e. The number of nitrogens with one attached hydrogen (secondary N) is 1. The fraction of sp³-hybridized carbons (Fsp3) is 0.276. The molecule has 0 aliphatic carbocycles. The molecule has 1 aliphatic heterocycles. The van der Waals surface area contributed by atoms with E-state index in [1.807, 2.05) is 67.3 Å². The number of aromatic nitrogens is 1. The number of rotatable bonds is 7. The lowest BCUT2D eigenvalue weighted by molar-refractivity contribution is -0.137. The topological polar surface area (TPSA) is 95.7 Å². The molecule has 1 unspecified atom stereocenters. The van der Waals surface area contributed by atoms with E-state index in [0.717, 1.165) is 39.9 Å². The number of aliphatic carboxylic acids is 1. The molecule has 0 radical (unpaired) electrons. The summed E-state index contributed by atoms with van der Waals surface area (Å²) >= 11 is 0. The number of oxazole rings is 1. The van der Waals surface area contributed by atoms with Crippen molar-refractivity contribution in [2.24, 2.45) is 0 Å². The van der Waals surface area contributed by atoms with Gasteiger partial charge in [-0.3, -0.25) is 9.59 Å². The highest BCUT2D eigenvalue weighted by Crippen LogP contribution is 2.28. The summed E-state index contributed by atoms with van der Waals surface area (Å²) in [5.41, 5.74) is 7.60. The predicted molar refractivity (Wildman–Crippen MR) is 138 cm³/mol. The molecule has 1 aromatic heterocycles. The van der Waals surface area contributed by atoms with E-state index < -0.39 is 5.97 Å². The van der Waals surface area contributed by atoms with Gasteiger partial charge in [0, 0.05) is 18.8 Å². The van der Waals surface area contributed by atoms with Gasteiger partial charge in [0.15, 0.2) is 5.58 Å². The Balaban J connectivity index is 1.27. The molecule has 0 saturated carbocycles. The molecule has 1 amide bonds. The van der Waals surface area contributed by atoms with Gasteiger partial charge < -0.3 is 19.7 Å². The van der Waals surface area contributed by atoms with Crippen molar-refractivity contribution in [2.45, 2.75) is 45.6 Å². The molecule has 184 valence electrons. The molecular formula is C29H29N3O4. The number of anilines is 2. The van der Waals surface area contributed by atoms with Crippen LogP contribution in [0, 0.1) is 6.92 Å². The number of para-hydroxylation sites is 1. The first-order valence-electron chi connectivity index (χ1n) is 12.2. The van der Waals surface area contributed by atoms with Gasteiger partial charge in [-0.1, -0.05) is 49.4 Å². The van der Waals surface area contributed by atoms with Crippen molar-refractivity contribution in [3.05, 3.63) is 88.5 Å². The number of hydrogen-bond acceptors (Lipinski definition) is 5. The first-order valence-corrected chi connectivity index (χ1v) is 12.2. The van der Waals surface area contributed by atoms with E-state index >= 15 is 0 Å². The molecule has 36 heavy (non-hydrogen) atoms. The third-order valence-electron chi connectivity index (χ3n) is 6.84. The summed E-state index contributed by atoms with van der Waals surface area (Å²) < 4.78 is 5.92. The van der Waals surface area contributed by atoms with Crippen LogP contribution < -0.4 is 5.32 Å². The number of carboxylic acid groups (broad SMARTS) is 1. The quantitative estimate of drug-likeness (QED) is 0.356. The molecule has 1 atom stereocenters. The van der Waals surface area contributed by atoms with Crippen LogP contribution in [-0.4, -0.2) is 33.4 Å². The number of fused-ring (bicyclic) bond motifs is 2. The van der Waals surface area contributed by atoms with Gasteiger partial charge in [0.1, 0.15) is 5.52 Å². The summed E-state index contributed by atoms with van der Waals surface area (Å²) in [6, 6.07) is 20.2. The third kappa shape index (κ3) is 5.10. The number of carbonyl (C=O) groups is 2. The molecule has 1 aliphatic rings. The lowest BCUT2D eigenvalue weighted by Crippen LogP contribution is -2.37. The fourth-order valence-electron chi connectivity index (χ4n) is 4.72. The van der Waals surface area contributed by atoms with Gasteiger partial charge in [0.05, 0.1) is 12.8 Å². The van der Waals surface area contributed by atoms with Crippen LogP contribution in [-0.2, 0) is 29.0 Å². The first kappa shape index (κ1) is 23.6. The smallest absolute Gasteiger partial charge is 0.303 e. The minimum absolute atomic E-state index is 0.0572. The third-order valence-corrected chi connectivity index (χ3v) is 6.84. The van der Waals surface area contributed by atoms with Crippen LogP contribution in [0.1, 0.15) is 47.1 Å². The second kappa shape index (κ2) is 9.85. The normalized spacial score (nSPS) is 13.9. The Labute approximate surface area is 209 Å². The van der Waals surface area contributed by atoms with Crippen LogP contribution in [0.2, 0.25) is 0 Å². The van der Waals surface area contributed by atoms with E-state index in [-0.39, 0.29) is 24.7 Å². The molecule has 2 N–H and O–H groups in total. The lowest BCUT2D eigenvalue weighted by atomic mass is 9.91. The van der Waals surface area contributed by atoms with Gasteiger partial charge in [-0.05, 0) is 65.3 Å². The number of aryl methyl sites for hydroxylation is 1. The Kier molecular flexibility index (Phi) is 6.46. The van der Waals surface area contributed by atoms with E-state index in [1.165, 1.54) is 5.56 Å². The summed E-state index contributed by atoms with van der Waals surface area (Å²) in [5, 5.41) is 12.3. The SMILES string of the molecule is Cc1ccccc1Nc1nc2ccc(CC(=O)N3CCc4ccc(C(C)CC(=O)O)cc4C3)cc2o1. The van der Waals surface area contributed by atoms with E-state index in [2.05, 4.69) is 22.4 Å². The van der Waals surface area contributed by atoms with Gasteiger partial charge >= 0.3 is 5.97 Å². The fourth-order valence-corrected chi connectivity index (χ4v) is 4.72. The number of hydrogen-bond donors (Lipinski definition) is 2. The average molecular weight is 484 g/mol. The average Bonchev–Trinajstić information content (AvgIpc) is 3.26. The Morgan fingerprint density at radius 3 is 2.75 bits per heavy atom. The van der Waals surface area contributed by atoms with E-state index in [9.17, 15) is 9.59 Å². The van der Waals surface area contributed by atoms with Crippen molar-refractivity contribution in [2.75, 3.05) is 11.9 Å². The predicted octanol–water partition coefficient (Wildman–Crippen LogP) is 5.59. The number of nitrogens with zero attached hydrogens (tertiary/aromatic N) is 2. The number of carbonyl (C=O) groups excluding carboxylic acids is 1. The van der Waals surface area contributed by atoms with Crippen molar-refractivity contribution in [1.82, 2.24) is 9.88 Å². The second-order valence-electron chi connectivity index (χ2n) is 9.53. The maximum Gasteiger partial charge on any atom is 0.303 e. The molecule has 7 nitrogen and oxygen atoms in total. The maximum atomic E-state index is 13.2. The van der Waals surface area contributed by atoms with Gasteiger partial charge in [-0.25, -0.2) is 0 Å². The van der Waals surface area contributed by atoms with Crippen LogP contribution in [0.4, 0.5) is 11.7 Å². The molecule has 0 saturated heterocycles. The summed E-state index contributed by atoms with van der Waals surface area (Å²) in [5.74, 6) is -0.821. The molecule has 2 heterocycles. The van der Waals surface area contributed by atoms with Crippen LogP contribution in [0.25, 0.3) is 11.1 Å². The number of carboxylic acids is 1. The molecule has 3 aromatic carbocycles. The van der Waals surface area contributed by atoms with Crippen molar-refractivity contribution in [1.29, 1.82) is 0 Å². The van der Waals surface area contributed by atoms with Crippen molar-refractivity contribution < 1.29 is 19.1 Å². The monoisotopic (exact) mass is 483 g/mol. The molecule has 4 aromatic rings. The molecule has 5 rings (SSSR count). The van der Waals surface area contributed by atoms with Crippen molar-refractivity contribution in [3.63, 3.8) is 0 Å². The van der Waals surface area contributed by atoms with Gasteiger partial charge in [0.2, 0.25) is 5.91 Å². The number of amides is 1. The van der Waals surface area contributed by atoms with E-state index in [0.29, 0.717) is 24.7 Å². The zero-order chi connectivity index (χ0) is 25.2. The van der Waals surface area contributed by atoms with Crippen molar-refractivity contribution >= 4 is 34.7 Å². The van der Waals surface area contributed by atoms with Crippen LogP contribution >= 0.6 is 0 Å². The zero-order valence-electron chi connectivity index (χ0n) is 20.5. The summed E-state index contributed by atoms with van der Waals surface area (Å²) in [6.45, 7) is 5.15. The first-order chi connectivity index (χ1) is 17.4. The maximum absolute atomic E-state index is 13.2. The van der Waals surface area contributed by atoms with E-state index in [1.54, 1.807) is 0 Å². The Morgan fingerprint density at radius 2 is 1.94 bits per heavy atom. The minimum atomic E-state index is -0.807. The lowest BCUT2D eigenvalue weighted by Gasteiger charge is -2.30. The summed E-state index contributed by atoms with van der Waals surface area (Å²) in [6.07, 6.45) is 1.17. The molecule has 7 heteroatoms. The molecule has 0 spiro atoms. The van der Waals surface area contributed by atoms with Crippen LogP contribution in [0.5, 0.6) is 0 Å². The second-order valence-corrected chi connectivity index (χ2v) is 9.53. The highest BCUT2D eigenvalue weighted by atomic mass is 16.4. The Bertz CT molecular complexity index is 1440. The van der Waals surface area contributed by atoms with Gasteiger partial charge in [-0.15, -0.1) is 0 Å². The Morgan fingerprint density at radius 1 is 1.11 bits per heavy atom. The standard InChI is InChI=1S/C29H29N3O4/c1-18-5-3-4-6-24(18)30-29-31-25-10-7-20(14-26(25)36-29)15-27(33)32-12-11-21-8-9-22(16-23(21)17-32)19(2)13-28(34)35/h3-10,14,16,19H,11-13,15,17H2,1-2H3,(H,30,31)(H,34,35). The Hall–Kier alpha value is -4.13. The van der Waals surface area contributed by atoms with E-state index in [4.69, 9.17) is 9.52 Å². The zero-order valence-corrected chi connectivity index (χ0v) is 20.5. The van der Waals surface area contributed by atoms with Gasteiger partial charge in [0.25, 0.3) is 6.01 Å². The summed E-state index contributed by atoms with van der Waals surface area (Å²) in [4.78, 5) is 30.6. The molecule has 0 bridgehead atoms. The summed E-state index contributed by atoms with van der Waals surface area (Å²) in [7, 11) is 0. The highest BCUT2D eigenvalue weighted by Gasteiger charge is 2.22. The molecule has 0 fully saturated rings. The largest absolute Gasteiger partial charge is 0.481 e. The van der Waals surface area contributed by atoms with Crippen molar-refractivity contribution in [3.8, 4) is 0 Å². The molecular weight excluding hydrogens is 454 g/mol. The highest BCUT2D eigenvalue weighted by molar-refractivity contribution is 5.82. The van der Waals surface area contributed by atoms with Crippen LogP contribution in [0.3, 0.4) is 0 Å².